The Kier molecular flexibility index (Phi) is 0.541. The van der Waals surface area contributed by atoms with Crippen molar-refractivity contribution in [3.8, 4) is 0 Å². The van der Waals surface area contributed by atoms with Crippen molar-refractivity contribution in [1.29, 1.82) is 0 Å². The van der Waals surface area contributed by atoms with E-state index in [0.717, 1.165) is 0 Å². The highest BCUT2D eigenvalue weighted by atomic mass is 16.7. The van der Waals surface area contributed by atoms with E-state index in [1.165, 1.54) is 5.57 Å². The first kappa shape index (κ1) is 4.47. The summed E-state index contributed by atoms with van der Waals surface area (Å²) in [6.07, 6.45) is 3.87. The quantitative estimate of drug-likeness (QED) is 0.346. The van der Waals surface area contributed by atoms with Gasteiger partial charge in [-0.05, 0) is 12.5 Å². The van der Waals surface area contributed by atoms with E-state index < -0.39 is 0 Å². The first-order valence-corrected chi connectivity index (χ1v) is 3.35. The summed E-state index contributed by atoms with van der Waals surface area (Å²) in [5, 5.41) is 0. The lowest BCUT2D eigenvalue weighted by Gasteiger charge is -1.95. The van der Waals surface area contributed by atoms with Gasteiger partial charge in [0.25, 0.3) is 0 Å². The molecular weight excluding hydrogens is 116 g/mol. The fraction of sp³-hybridized carbons (Fsp3) is 0.714. The van der Waals surface area contributed by atoms with E-state index in [1.807, 2.05) is 0 Å². The molecule has 1 aliphatic carbocycles. The van der Waals surface area contributed by atoms with Crippen LogP contribution in [0.25, 0.3) is 0 Å². The van der Waals surface area contributed by atoms with Crippen LogP contribution < -0.4 is 0 Å². The van der Waals surface area contributed by atoms with Crippen LogP contribution in [0.4, 0.5) is 0 Å². The Balaban J connectivity index is 2.03. The number of fused-ring (bicyclic) bond motifs is 3. The number of hydrogen-bond acceptors (Lipinski definition) is 2. The van der Waals surface area contributed by atoms with Crippen LogP contribution in [0.5, 0.6) is 0 Å². The first-order chi connectivity index (χ1) is 4.36. The first-order valence-electron chi connectivity index (χ1n) is 3.35. The maximum atomic E-state index is 5.35. The van der Waals surface area contributed by atoms with Crippen molar-refractivity contribution in [2.24, 2.45) is 0 Å². The van der Waals surface area contributed by atoms with Crippen molar-refractivity contribution in [3.05, 3.63) is 11.6 Å². The van der Waals surface area contributed by atoms with Crippen LogP contribution in [-0.4, -0.2) is 24.4 Å². The third kappa shape index (κ3) is 0.438. The Morgan fingerprint density at radius 3 is 3.11 bits per heavy atom. The zero-order chi connectivity index (χ0) is 6.01. The SMILES string of the molecule is CC1=C[C@H]2O[C@H]2[C@H]2O[C@@H]12. The third-order valence-electron chi connectivity index (χ3n) is 2.29. The van der Waals surface area contributed by atoms with Crippen molar-refractivity contribution in [1.82, 2.24) is 0 Å². The minimum atomic E-state index is 0.411. The number of hydrogen-bond donors (Lipinski definition) is 0. The standard InChI is InChI=1S/C7H8O2/c1-3-2-4-6(8-4)7-5(3)9-7/h2,4-7H,1H3/t4-,5+,6-,7+/m1/s1. The average Bonchev–Trinajstić information content (AvgIpc) is 2.54. The summed E-state index contributed by atoms with van der Waals surface area (Å²) in [6.45, 7) is 2.11. The van der Waals surface area contributed by atoms with Gasteiger partial charge in [-0.1, -0.05) is 6.08 Å². The van der Waals surface area contributed by atoms with Crippen LogP contribution >= 0.6 is 0 Å². The van der Waals surface area contributed by atoms with Gasteiger partial charge >= 0.3 is 0 Å². The van der Waals surface area contributed by atoms with Crippen molar-refractivity contribution in [2.75, 3.05) is 0 Å². The minimum absolute atomic E-state index is 0.411. The van der Waals surface area contributed by atoms with E-state index in [1.54, 1.807) is 0 Å². The fourth-order valence-electron chi connectivity index (χ4n) is 1.63. The maximum absolute atomic E-state index is 5.35. The molecule has 0 unspecified atom stereocenters. The molecule has 9 heavy (non-hydrogen) atoms. The zero-order valence-electron chi connectivity index (χ0n) is 5.20. The molecule has 3 aliphatic rings. The topological polar surface area (TPSA) is 25.1 Å². The molecule has 0 radical (unpaired) electrons. The summed E-state index contributed by atoms with van der Waals surface area (Å²) < 4.78 is 10.7. The smallest absolute Gasteiger partial charge is 0.117 e. The highest BCUT2D eigenvalue weighted by Gasteiger charge is 2.60. The fourth-order valence-corrected chi connectivity index (χ4v) is 1.63. The molecule has 2 nitrogen and oxygen atoms in total. The highest BCUT2D eigenvalue weighted by molar-refractivity contribution is 5.29. The molecule has 0 spiro atoms. The van der Waals surface area contributed by atoms with Gasteiger partial charge in [0, 0.05) is 0 Å². The minimum Gasteiger partial charge on any atom is -0.362 e. The van der Waals surface area contributed by atoms with Crippen LogP contribution in [0.1, 0.15) is 6.92 Å². The van der Waals surface area contributed by atoms with Gasteiger partial charge in [-0.2, -0.15) is 0 Å². The zero-order valence-corrected chi connectivity index (χ0v) is 5.20. The lowest BCUT2D eigenvalue weighted by atomic mass is 10.0. The van der Waals surface area contributed by atoms with E-state index in [-0.39, 0.29) is 0 Å². The predicted molar refractivity (Wildman–Crippen MR) is 31.1 cm³/mol. The molecule has 0 amide bonds. The summed E-state index contributed by atoms with van der Waals surface area (Å²) in [5.41, 5.74) is 1.36. The second-order valence-electron chi connectivity index (χ2n) is 3.00. The molecule has 3 rings (SSSR count). The molecule has 0 aromatic heterocycles. The van der Waals surface area contributed by atoms with Crippen molar-refractivity contribution < 1.29 is 9.47 Å². The van der Waals surface area contributed by atoms with E-state index in [9.17, 15) is 0 Å². The van der Waals surface area contributed by atoms with Gasteiger partial charge in [0.2, 0.25) is 0 Å². The summed E-state index contributed by atoms with van der Waals surface area (Å²) in [6, 6.07) is 0. The highest BCUT2D eigenvalue weighted by Crippen LogP contribution is 2.46. The van der Waals surface area contributed by atoms with E-state index in [4.69, 9.17) is 9.47 Å². The number of epoxide rings is 2. The van der Waals surface area contributed by atoms with Crippen LogP contribution in [0.15, 0.2) is 11.6 Å². The second-order valence-corrected chi connectivity index (χ2v) is 3.00. The Morgan fingerprint density at radius 1 is 1.33 bits per heavy atom. The average molecular weight is 124 g/mol. The lowest BCUT2D eigenvalue weighted by molar-refractivity contribution is 0.312. The molecule has 0 saturated carbocycles. The molecule has 2 fully saturated rings. The third-order valence-corrected chi connectivity index (χ3v) is 2.29. The molecule has 0 N–H and O–H groups in total. The monoisotopic (exact) mass is 124 g/mol. The molecule has 0 aromatic carbocycles. The van der Waals surface area contributed by atoms with Gasteiger partial charge in [0.15, 0.2) is 0 Å². The van der Waals surface area contributed by atoms with E-state index >= 15 is 0 Å². The Morgan fingerprint density at radius 2 is 2.22 bits per heavy atom. The molecule has 2 aliphatic heterocycles. The lowest BCUT2D eigenvalue weighted by Crippen LogP contribution is -2.10. The van der Waals surface area contributed by atoms with Gasteiger partial charge in [0.05, 0.1) is 0 Å². The van der Waals surface area contributed by atoms with Gasteiger partial charge in [0.1, 0.15) is 24.4 Å². The molecule has 0 bridgehead atoms. The van der Waals surface area contributed by atoms with Crippen molar-refractivity contribution in [3.63, 3.8) is 0 Å². The Bertz CT molecular complexity index is 197. The van der Waals surface area contributed by atoms with Crippen LogP contribution in [-0.2, 0) is 9.47 Å². The summed E-state index contributed by atoms with van der Waals surface area (Å²) in [4.78, 5) is 0. The second kappa shape index (κ2) is 1.09. The van der Waals surface area contributed by atoms with Gasteiger partial charge in [-0.15, -0.1) is 0 Å². The number of ether oxygens (including phenoxy) is 2. The summed E-state index contributed by atoms with van der Waals surface area (Å²) in [5.74, 6) is 0. The molecule has 48 valence electrons. The molecule has 2 heterocycles. The molecule has 2 heteroatoms. The summed E-state index contributed by atoms with van der Waals surface area (Å²) in [7, 11) is 0. The largest absolute Gasteiger partial charge is 0.362 e. The Hall–Kier alpha value is -0.340. The van der Waals surface area contributed by atoms with Crippen molar-refractivity contribution >= 4 is 0 Å². The summed E-state index contributed by atoms with van der Waals surface area (Å²) >= 11 is 0. The normalized spacial score (nSPS) is 59.4. The van der Waals surface area contributed by atoms with Crippen molar-refractivity contribution in [2.45, 2.75) is 31.3 Å². The van der Waals surface area contributed by atoms with Crippen LogP contribution in [0, 0.1) is 0 Å². The maximum Gasteiger partial charge on any atom is 0.117 e. The van der Waals surface area contributed by atoms with Crippen LogP contribution in [0.3, 0.4) is 0 Å². The van der Waals surface area contributed by atoms with E-state index in [0.29, 0.717) is 24.4 Å². The molecule has 2 saturated heterocycles. The van der Waals surface area contributed by atoms with Gasteiger partial charge in [-0.25, -0.2) is 0 Å². The van der Waals surface area contributed by atoms with Crippen LogP contribution in [0.2, 0.25) is 0 Å². The Labute approximate surface area is 53.4 Å². The number of rotatable bonds is 0. The predicted octanol–water partition coefficient (Wildman–Crippen LogP) is 0.481. The molecule has 0 aromatic rings. The molecular formula is C7H8O2. The van der Waals surface area contributed by atoms with Gasteiger partial charge in [-0.3, -0.25) is 0 Å². The van der Waals surface area contributed by atoms with E-state index in [2.05, 4.69) is 13.0 Å². The van der Waals surface area contributed by atoms with Gasteiger partial charge < -0.3 is 9.47 Å². The molecule has 4 atom stereocenters.